The van der Waals surface area contributed by atoms with Crippen LogP contribution >= 0.6 is 11.6 Å². The molecular formula is C20H23ClN4. The Bertz CT molecular complexity index is 809. The van der Waals surface area contributed by atoms with Crippen LogP contribution in [0.3, 0.4) is 0 Å². The number of nitrogens with two attached hydrogens (primary N) is 1. The molecule has 0 saturated carbocycles. The molecule has 0 bridgehead atoms. The fourth-order valence-corrected chi connectivity index (χ4v) is 3.03. The number of nitrogens with zero attached hydrogens (tertiary/aromatic N) is 1. The van der Waals surface area contributed by atoms with Crippen molar-refractivity contribution < 1.29 is 0 Å². The number of halogens is 1. The molecule has 0 aliphatic carbocycles. The van der Waals surface area contributed by atoms with Crippen molar-refractivity contribution in [3.05, 3.63) is 81.6 Å². The van der Waals surface area contributed by atoms with Gasteiger partial charge < -0.3 is 16.4 Å². The van der Waals surface area contributed by atoms with Gasteiger partial charge in [0.15, 0.2) is 5.96 Å². The van der Waals surface area contributed by atoms with Crippen LogP contribution in [0.1, 0.15) is 28.3 Å². The first-order chi connectivity index (χ1) is 12.0. The molecule has 1 aliphatic rings. The third kappa shape index (κ3) is 4.54. The second kappa shape index (κ2) is 7.62. The summed E-state index contributed by atoms with van der Waals surface area (Å²) in [4.78, 5) is 4.37. The van der Waals surface area contributed by atoms with E-state index < -0.39 is 0 Å². The van der Waals surface area contributed by atoms with E-state index in [4.69, 9.17) is 17.3 Å². The molecule has 1 aliphatic heterocycles. The van der Waals surface area contributed by atoms with Crippen LogP contribution in [-0.2, 0) is 6.42 Å². The predicted molar refractivity (Wildman–Crippen MR) is 105 cm³/mol. The Morgan fingerprint density at radius 1 is 1.16 bits per heavy atom. The molecule has 25 heavy (non-hydrogen) atoms. The summed E-state index contributed by atoms with van der Waals surface area (Å²) in [6, 6.07) is 14.4. The van der Waals surface area contributed by atoms with Gasteiger partial charge in [-0.1, -0.05) is 47.5 Å². The lowest BCUT2D eigenvalue weighted by Gasteiger charge is -2.24. The van der Waals surface area contributed by atoms with Crippen molar-refractivity contribution >= 4 is 17.6 Å². The minimum Gasteiger partial charge on any atom is -0.370 e. The van der Waals surface area contributed by atoms with E-state index in [0.717, 1.165) is 23.8 Å². The first-order valence-corrected chi connectivity index (χ1v) is 8.77. The first kappa shape index (κ1) is 17.4. The van der Waals surface area contributed by atoms with E-state index in [1.54, 1.807) is 0 Å². The van der Waals surface area contributed by atoms with E-state index in [-0.39, 0.29) is 6.04 Å². The average molecular weight is 355 g/mol. The molecule has 4 N–H and O–H groups in total. The van der Waals surface area contributed by atoms with Crippen molar-refractivity contribution in [2.45, 2.75) is 26.3 Å². The van der Waals surface area contributed by atoms with Gasteiger partial charge in [0.25, 0.3) is 0 Å². The maximum Gasteiger partial charge on any atom is 0.195 e. The molecule has 0 spiro atoms. The summed E-state index contributed by atoms with van der Waals surface area (Å²) in [5, 5.41) is 7.37. The molecular weight excluding hydrogens is 332 g/mol. The molecule has 3 rings (SSSR count). The number of aryl methyl sites for hydroxylation is 2. The summed E-state index contributed by atoms with van der Waals surface area (Å²) in [7, 11) is 0. The Balaban J connectivity index is 1.68. The lowest BCUT2D eigenvalue weighted by Crippen LogP contribution is -2.38. The van der Waals surface area contributed by atoms with Crippen LogP contribution in [0.2, 0.25) is 5.02 Å². The zero-order chi connectivity index (χ0) is 17.8. The van der Waals surface area contributed by atoms with Gasteiger partial charge in [-0.15, -0.1) is 0 Å². The minimum atomic E-state index is 0.0235. The zero-order valence-electron chi connectivity index (χ0n) is 14.5. The molecule has 4 nitrogen and oxygen atoms in total. The first-order valence-electron chi connectivity index (χ1n) is 8.39. The number of nitrogens with one attached hydrogen (secondary N) is 2. The number of aliphatic imine (C=N–C) groups is 1. The molecule has 0 aromatic heterocycles. The molecule has 2 aromatic carbocycles. The molecule has 130 valence electrons. The third-order valence-electron chi connectivity index (χ3n) is 4.27. The average Bonchev–Trinajstić information content (AvgIpc) is 2.58. The topological polar surface area (TPSA) is 62.4 Å². The highest BCUT2D eigenvalue weighted by atomic mass is 35.5. The fraction of sp³-hybridized carbons (Fsp3) is 0.250. The van der Waals surface area contributed by atoms with Crippen molar-refractivity contribution in [1.29, 1.82) is 0 Å². The molecule has 1 unspecified atom stereocenters. The van der Waals surface area contributed by atoms with Gasteiger partial charge in [0.2, 0.25) is 0 Å². The Labute approximate surface area is 153 Å². The minimum absolute atomic E-state index is 0.0235. The van der Waals surface area contributed by atoms with E-state index >= 15 is 0 Å². The smallest absolute Gasteiger partial charge is 0.195 e. The highest BCUT2D eigenvalue weighted by Crippen LogP contribution is 2.23. The standard InChI is InChI=1S/C20H23ClN4/c1-13-3-4-14(2)17(11-13)18-12-19(25-20(22)24-18)23-10-9-15-5-7-16(21)8-6-15/h3-8,11-12,18,23H,9-10H2,1-2H3,(H3,22,24,25). The molecule has 0 radical (unpaired) electrons. The van der Waals surface area contributed by atoms with Crippen LogP contribution in [0, 0.1) is 13.8 Å². The molecule has 1 atom stereocenters. The summed E-state index contributed by atoms with van der Waals surface area (Å²) in [6.45, 7) is 4.99. The summed E-state index contributed by atoms with van der Waals surface area (Å²) in [6.07, 6.45) is 2.98. The van der Waals surface area contributed by atoms with Crippen LogP contribution in [0.25, 0.3) is 0 Å². The van der Waals surface area contributed by atoms with Crippen LogP contribution in [0.4, 0.5) is 0 Å². The summed E-state index contributed by atoms with van der Waals surface area (Å²) < 4.78 is 0. The summed E-state index contributed by atoms with van der Waals surface area (Å²) in [5.41, 5.74) is 10.9. The van der Waals surface area contributed by atoms with Gasteiger partial charge in [-0.25, -0.2) is 0 Å². The maximum absolute atomic E-state index is 5.98. The molecule has 5 heteroatoms. The molecule has 0 amide bonds. The maximum atomic E-state index is 5.98. The number of hydrogen-bond donors (Lipinski definition) is 3. The van der Waals surface area contributed by atoms with Crippen molar-refractivity contribution in [3.8, 4) is 0 Å². The van der Waals surface area contributed by atoms with E-state index in [1.165, 1.54) is 22.3 Å². The van der Waals surface area contributed by atoms with Gasteiger partial charge in [-0.05, 0) is 55.2 Å². The quantitative estimate of drug-likeness (QED) is 0.769. The fourth-order valence-electron chi connectivity index (χ4n) is 2.91. The molecule has 1 heterocycles. The van der Waals surface area contributed by atoms with Gasteiger partial charge >= 0.3 is 0 Å². The number of hydrogen-bond acceptors (Lipinski definition) is 4. The second-order valence-electron chi connectivity index (χ2n) is 6.33. The molecule has 2 aromatic rings. The van der Waals surface area contributed by atoms with Crippen LogP contribution in [0.5, 0.6) is 0 Å². The number of benzene rings is 2. The number of rotatable bonds is 5. The van der Waals surface area contributed by atoms with Crippen molar-refractivity contribution in [3.63, 3.8) is 0 Å². The Morgan fingerprint density at radius 2 is 1.92 bits per heavy atom. The third-order valence-corrected chi connectivity index (χ3v) is 4.52. The highest BCUT2D eigenvalue weighted by molar-refractivity contribution is 6.30. The summed E-state index contributed by atoms with van der Waals surface area (Å²) >= 11 is 5.92. The zero-order valence-corrected chi connectivity index (χ0v) is 15.3. The van der Waals surface area contributed by atoms with Crippen molar-refractivity contribution in [2.75, 3.05) is 6.54 Å². The lowest BCUT2D eigenvalue weighted by molar-refractivity contribution is 0.701. The van der Waals surface area contributed by atoms with Gasteiger partial charge in [0.1, 0.15) is 5.82 Å². The Kier molecular flexibility index (Phi) is 5.29. The van der Waals surface area contributed by atoms with Crippen LogP contribution in [-0.4, -0.2) is 12.5 Å². The second-order valence-corrected chi connectivity index (χ2v) is 6.77. The van der Waals surface area contributed by atoms with Crippen molar-refractivity contribution in [1.82, 2.24) is 10.6 Å². The SMILES string of the molecule is Cc1ccc(C)c(C2C=C(NCCc3ccc(Cl)cc3)N=C(N)N2)c1. The number of guanidine groups is 1. The molecule has 0 fully saturated rings. The van der Waals surface area contributed by atoms with E-state index in [2.05, 4.69) is 53.7 Å². The molecule has 0 saturated heterocycles. The largest absolute Gasteiger partial charge is 0.370 e. The Morgan fingerprint density at radius 3 is 2.68 bits per heavy atom. The van der Waals surface area contributed by atoms with Gasteiger partial charge in [-0.2, -0.15) is 4.99 Å². The highest BCUT2D eigenvalue weighted by Gasteiger charge is 2.17. The van der Waals surface area contributed by atoms with Gasteiger partial charge in [0, 0.05) is 11.6 Å². The van der Waals surface area contributed by atoms with E-state index in [0.29, 0.717) is 5.96 Å². The van der Waals surface area contributed by atoms with Crippen LogP contribution < -0.4 is 16.4 Å². The van der Waals surface area contributed by atoms with Gasteiger partial charge in [-0.3, -0.25) is 0 Å². The van der Waals surface area contributed by atoms with Crippen LogP contribution in [0.15, 0.2) is 59.4 Å². The monoisotopic (exact) mass is 354 g/mol. The van der Waals surface area contributed by atoms with Crippen molar-refractivity contribution in [2.24, 2.45) is 10.7 Å². The Hall–Kier alpha value is -2.46. The lowest BCUT2D eigenvalue weighted by atomic mass is 9.98. The normalized spacial score (nSPS) is 16.7. The van der Waals surface area contributed by atoms with E-state index in [1.807, 2.05) is 24.3 Å². The summed E-state index contributed by atoms with van der Waals surface area (Å²) in [5.74, 6) is 1.23. The van der Waals surface area contributed by atoms with Gasteiger partial charge in [0.05, 0.1) is 6.04 Å². The van der Waals surface area contributed by atoms with E-state index in [9.17, 15) is 0 Å². The predicted octanol–water partition coefficient (Wildman–Crippen LogP) is 3.59.